The van der Waals surface area contributed by atoms with Gasteiger partial charge in [0.1, 0.15) is 0 Å². The fraction of sp³-hybridized carbons (Fsp3) is 0.409. The molecule has 2 aromatic carbocycles. The third-order valence-corrected chi connectivity index (χ3v) is 5.66. The van der Waals surface area contributed by atoms with Crippen LogP contribution in [0.2, 0.25) is 0 Å². The number of benzene rings is 2. The first-order valence-corrected chi connectivity index (χ1v) is 9.27. The molecule has 0 radical (unpaired) electrons. The van der Waals surface area contributed by atoms with E-state index in [0.717, 1.165) is 24.8 Å². The molecule has 0 spiro atoms. The average molecular weight is 319 g/mol. The largest absolute Gasteiger partial charge is 0.332 e. The molecule has 0 aromatic heterocycles. The molecule has 1 aliphatic carbocycles. The van der Waals surface area contributed by atoms with Crippen molar-refractivity contribution in [3.8, 4) is 0 Å². The Kier molecular flexibility index (Phi) is 4.38. The fourth-order valence-corrected chi connectivity index (χ4v) is 4.43. The summed E-state index contributed by atoms with van der Waals surface area (Å²) in [6.07, 6.45) is 7.99. The molecule has 1 amide bonds. The highest BCUT2D eigenvalue weighted by molar-refractivity contribution is 5.97. The molecular formula is C22H25NO. The van der Waals surface area contributed by atoms with Crippen LogP contribution in [0.4, 0.5) is 0 Å². The molecule has 1 fully saturated rings. The van der Waals surface area contributed by atoms with Gasteiger partial charge < -0.3 is 4.90 Å². The zero-order valence-corrected chi connectivity index (χ0v) is 14.2. The maximum Gasteiger partial charge on any atom is 0.254 e. The van der Waals surface area contributed by atoms with Gasteiger partial charge in [0.05, 0.1) is 0 Å². The first kappa shape index (κ1) is 15.4. The predicted molar refractivity (Wildman–Crippen MR) is 97.1 cm³/mol. The van der Waals surface area contributed by atoms with Crippen molar-refractivity contribution in [2.24, 2.45) is 0 Å². The molecular weight excluding hydrogens is 294 g/mol. The van der Waals surface area contributed by atoms with Gasteiger partial charge >= 0.3 is 0 Å². The molecule has 4 rings (SSSR count). The molecule has 0 bridgehead atoms. The number of nitrogens with zero attached hydrogens (tertiary/aromatic N) is 1. The van der Waals surface area contributed by atoms with Crippen LogP contribution in [-0.2, 0) is 12.8 Å². The SMILES string of the molecule is O=C1c2ccccc2C[C@H](CCc2ccccc2)N1C1CCCC1. The van der Waals surface area contributed by atoms with Crippen LogP contribution >= 0.6 is 0 Å². The Labute approximate surface area is 144 Å². The van der Waals surface area contributed by atoms with E-state index in [2.05, 4.69) is 47.4 Å². The summed E-state index contributed by atoms with van der Waals surface area (Å²) in [6.45, 7) is 0. The van der Waals surface area contributed by atoms with Crippen molar-refractivity contribution in [2.45, 2.75) is 57.0 Å². The Morgan fingerprint density at radius 2 is 1.62 bits per heavy atom. The molecule has 0 saturated heterocycles. The van der Waals surface area contributed by atoms with Crippen molar-refractivity contribution in [2.75, 3.05) is 0 Å². The lowest BCUT2D eigenvalue weighted by Gasteiger charge is -2.41. The van der Waals surface area contributed by atoms with Gasteiger partial charge in [-0.25, -0.2) is 0 Å². The monoisotopic (exact) mass is 319 g/mol. The summed E-state index contributed by atoms with van der Waals surface area (Å²) < 4.78 is 0. The van der Waals surface area contributed by atoms with Gasteiger partial charge in [0.2, 0.25) is 0 Å². The average Bonchev–Trinajstić information content (AvgIpc) is 3.15. The van der Waals surface area contributed by atoms with E-state index < -0.39 is 0 Å². The first-order chi connectivity index (χ1) is 11.8. The van der Waals surface area contributed by atoms with Gasteiger partial charge in [-0.15, -0.1) is 0 Å². The molecule has 0 N–H and O–H groups in total. The van der Waals surface area contributed by atoms with Crippen molar-refractivity contribution < 1.29 is 4.79 Å². The minimum Gasteiger partial charge on any atom is -0.332 e. The van der Waals surface area contributed by atoms with Crippen LogP contribution in [-0.4, -0.2) is 22.9 Å². The quantitative estimate of drug-likeness (QED) is 0.804. The minimum atomic E-state index is 0.266. The summed E-state index contributed by atoms with van der Waals surface area (Å²) in [4.78, 5) is 15.4. The zero-order valence-electron chi connectivity index (χ0n) is 14.2. The lowest BCUT2D eigenvalue weighted by Crippen LogP contribution is -2.50. The Morgan fingerprint density at radius 3 is 2.42 bits per heavy atom. The van der Waals surface area contributed by atoms with Crippen LogP contribution in [0, 0.1) is 0 Å². The van der Waals surface area contributed by atoms with Crippen molar-refractivity contribution in [3.05, 3.63) is 71.3 Å². The van der Waals surface area contributed by atoms with Gasteiger partial charge in [-0.2, -0.15) is 0 Å². The summed E-state index contributed by atoms with van der Waals surface area (Å²) in [5.74, 6) is 0.266. The van der Waals surface area contributed by atoms with Crippen LogP contribution in [0.1, 0.15) is 53.6 Å². The van der Waals surface area contributed by atoms with E-state index in [9.17, 15) is 4.79 Å². The molecule has 2 nitrogen and oxygen atoms in total. The highest BCUT2D eigenvalue weighted by atomic mass is 16.2. The van der Waals surface area contributed by atoms with Gasteiger partial charge in [-0.3, -0.25) is 4.79 Å². The highest BCUT2D eigenvalue weighted by Crippen LogP contribution is 2.33. The van der Waals surface area contributed by atoms with Gasteiger partial charge in [0, 0.05) is 17.6 Å². The Bertz CT molecular complexity index is 703. The second-order valence-electron chi connectivity index (χ2n) is 7.19. The molecule has 2 aromatic rings. The number of fused-ring (bicyclic) bond motifs is 1. The second-order valence-corrected chi connectivity index (χ2v) is 7.19. The van der Waals surface area contributed by atoms with Crippen molar-refractivity contribution in [1.82, 2.24) is 4.90 Å². The predicted octanol–water partition coefficient (Wildman–Crippen LogP) is 4.63. The fourth-order valence-electron chi connectivity index (χ4n) is 4.43. The Balaban J connectivity index is 1.58. The molecule has 0 unspecified atom stereocenters. The normalized spacial score (nSPS) is 21.1. The molecule has 2 aliphatic rings. The maximum atomic E-state index is 13.2. The van der Waals surface area contributed by atoms with E-state index in [1.54, 1.807) is 0 Å². The molecule has 24 heavy (non-hydrogen) atoms. The summed E-state index contributed by atoms with van der Waals surface area (Å²) >= 11 is 0. The molecule has 1 atom stereocenters. The number of rotatable bonds is 4. The highest BCUT2D eigenvalue weighted by Gasteiger charge is 2.37. The lowest BCUT2D eigenvalue weighted by molar-refractivity contribution is 0.0529. The van der Waals surface area contributed by atoms with E-state index in [1.165, 1.54) is 36.8 Å². The number of aryl methyl sites for hydroxylation is 1. The summed E-state index contributed by atoms with van der Waals surface area (Å²) in [6, 6.07) is 19.6. The van der Waals surface area contributed by atoms with Crippen molar-refractivity contribution >= 4 is 5.91 Å². The van der Waals surface area contributed by atoms with Gasteiger partial charge in [-0.1, -0.05) is 61.4 Å². The number of amides is 1. The lowest BCUT2D eigenvalue weighted by atomic mass is 9.88. The van der Waals surface area contributed by atoms with Crippen LogP contribution in [0.15, 0.2) is 54.6 Å². The Morgan fingerprint density at radius 1 is 0.917 bits per heavy atom. The first-order valence-electron chi connectivity index (χ1n) is 9.27. The smallest absolute Gasteiger partial charge is 0.254 e. The maximum absolute atomic E-state index is 13.2. The summed E-state index contributed by atoms with van der Waals surface area (Å²) in [5.41, 5.74) is 3.53. The third-order valence-electron chi connectivity index (χ3n) is 5.66. The standard InChI is InChI=1S/C22H25NO/c24-22-21-13-7-4-10-18(21)16-20(23(22)19-11-5-6-12-19)15-14-17-8-2-1-3-9-17/h1-4,7-10,13,19-20H,5-6,11-12,14-16H2/t20-/m0/s1. The van der Waals surface area contributed by atoms with Crippen molar-refractivity contribution in [1.29, 1.82) is 0 Å². The third kappa shape index (κ3) is 2.98. The van der Waals surface area contributed by atoms with Gasteiger partial charge in [-0.05, 0) is 49.3 Å². The van der Waals surface area contributed by atoms with Crippen LogP contribution < -0.4 is 0 Å². The topological polar surface area (TPSA) is 20.3 Å². The van der Waals surface area contributed by atoms with E-state index >= 15 is 0 Å². The number of hydrogen-bond acceptors (Lipinski definition) is 1. The van der Waals surface area contributed by atoms with E-state index in [4.69, 9.17) is 0 Å². The van der Waals surface area contributed by atoms with E-state index in [0.29, 0.717) is 12.1 Å². The molecule has 1 aliphatic heterocycles. The molecule has 2 heteroatoms. The van der Waals surface area contributed by atoms with Gasteiger partial charge in [0.25, 0.3) is 5.91 Å². The summed E-state index contributed by atoms with van der Waals surface area (Å²) in [5, 5.41) is 0. The van der Waals surface area contributed by atoms with Crippen LogP contribution in [0.5, 0.6) is 0 Å². The summed E-state index contributed by atoms with van der Waals surface area (Å²) in [7, 11) is 0. The Hall–Kier alpha value is -2.09. The molecule has 1 heterocycles. The number of carbonyl (C=O) groups is 1. The van der Waals surface area contributed by atoms with Crippen molar-refractivity contribution in [3.63, 3.8) is 0 Å². The van der Waals surface area contributed by atoms with Crippen LogP contribution in [0.25, 0.3) is 0 Å². The molecule has 1 saturated carbocycles. The number of carbonyl (C=O) groups excluding carboxylic acids is 1. The van der Waals surface area contributed by atoms with E-state index in [-0.39, 0.29) is 5.91 Å². The van der Waals surface area contributed by atoms with Crippen LogP contribution in [0.3, 0.4) is 0 Å². The zero-order chi connectivity index (χ0) is 16.4. The molecule has 124 valence electrons. The minimum absolute atomic E-state index is 0.266. The van der Waals surface area contributed by atoms with E-state index in [1.807, 2.05) is 12.1 Å². The van der Waals surface area contributed by atoms with Gasteiger partial charge in [0.15, 0.2) is 0 Å². The number of hydrogen-bond donors (Lipinski definition) is 0. The second kappa shape index (κ2) is 6.80.